The third-order valence-electron chi connectivity index (χ3n) is 1.12. The van der Waals surface area contributed by atoms with Gasteiger partial charge in [-0.05, 0) is 12.1 Å². The van der Waals surface area contributed by atoms with E-state index in [1.54, 1.807) is 18.2 Å². The van der Waals surface area contributed by atoms with Gasteiger partial charge in [-0.25, -0.2) is 4.98 Å². The number of Topliss-reactive ketones (excluding diaryl/α,β-unsaturated/α-hetero) is 1. The van der Waals surface area contributed by atoms with E-state index in [0.29, 0.717) is 10.8 Å². The Labute approximate surface area is 77.7 Å². The maximum Gasteiger partial charge on any atom is 0.191 e. The molecule has 4 heteroatoms. The number of aromatic nitrogens is 1. The van der Waals surface area contributed by atoms with E-state index in [2.05, 4.69) is 20.9 Å². The number of hydrogen-bond donors (Lipinski definition) is 0. The standard InChI is InChI=1S/C7H5BrClNO/c8-4-6(11)5-2-1-3-7(9)10-5/h1-3H,4H2. The Kier molecular flexibility index (Phi) is 3.02. The molecule has 1 heterocycles. The van der Waals surface area contributed by atoms with Crippen LogP contribution in [0.4, 0.5) is 0 Å². The molecule has 0 spiro atoms. The zero-order chi connectivity index (χ0) is 8.27. The zero-order valence-electron chi connectivity index (χ0n) is 5.55. The largest absolute Gasteiger partial charge is 0.291 e. The average Bonchev–Trinajstić information content (AvgIpc) is 2.03. The average molecular weight is 234 g/mol. The smallest absolute Gasteiger partial charge is 0.191 e. The molecule has 0 radical (unpaired) electrons. The van der Waals surface area contributed by atoms with Crippen LogP contribution in [-0.4, -0.2) is 16.1 Å². The van der Waals surface area contributed by atoms with Crippen molar-refractivity contribution in [3.05, 3.63) is 29.0 Å². The number of alkyl halides is 1. The molecule has 0 saturated heterocycles. The lowest BCUT2D eigenvalue weighted by Gasteiger charge is -1.94. The summed E-state index contributed by atoms with van der Waals surface area (Å²) >= 11 is 8.61. The topological polar surface area (TPSA) is 30.0 Å². The monoisotopic (exact) mass is 233 g/mol. The second-order valence-electron chi connectivity index (χ2n) is 1.90. The minimum absolute atomic E-state index is 0.0625. The van der Waals surface area contributed by atoms with Gasteiger partial charge in [0, 0.05) is 0 Å². The van der Waals surface area contributed by atoms with E-state index in [9.17, 15) is 4.79 Å². The van der Waals surface area contributed by atoms with Crippen molar-refractivity contribution >= 4 is 33.3 Å². The fourth-order valence-electron chi connectivity index (χ4n) is 0.632. The summed E-state index contributed by atoms with van der Waals surface area (Å²) in [5, 5.41) is 0.622. The highest BCUT2D eigenvalue weighted by molar-refractivity contribution is 9.09. The highest BCUT2D eigenvalue weighted by Crippen LogP contribution is 2.06. The second-order valence-corrected chi connectivity index (χ2v) is 2.85. The third kappa shape index (κ3) is 2.27. The summed E-state index contributed by atoms with van der Waals surface area (Å²) in [7, 11) is 0. The molecule has 0 unspecified atom stereocenters. The van der Waals surface area contributed by atoms with Gasteiger partial charge in [0.05, 0.1) is 5.33 Å². The summed E-state index contributed by atoms with van der Waals surface area (Å²) in [4.78, 5) is 14.8. The summed E-state index contributed by atoms with van der Waals surface area (Å²) in [6.45, 7) is 0. The number of carbonyl (C=O) groups is 1. The lowest BCUT2D eigenvalue weighted by molar-refractivity contribution is 0.101. The maximum absolute atomic E-state index is 11.0. The molecule has 0 aromatic carbocycles. The summed E-state index contributed by atoms with van der Waals surface area (Å²) in [6.07, 6.45) is 0. The van der Waals surface area contributed by atoms with E-state index >= 15 is 0 Å². The number of ketones is 1. The zero-order valence-corrected chi connectivity index (χ0v) is 7.89. The molecule has 0 atom stereocenters. The van der Waals surface area contributed by atoms with Gasteiger partial charge >= 0.3 is 0 Å². The van der Waals surface area contributed by atoms with Crippen LogP contribution >= 0.6 is 27.5 Å². The Morgan fingerprint density at radius 1 is 1.64 bits per heavy atom. The van der Waals surface area contributed by atoms with Gasteiger partial charge in [-0.1, -0.05) is 33.6 Å². The van der Waals surface area contributed by atoms with Crippen molar-refractivity contribution < 1.29 is 4.79 Å². The van der Waals surface area contributed by atoms with Gasteiger partial charge in [0.15, 0.2) is 5.78 Å². The quantitative estimate of drug-likeness (QED) is 0.446. The van der Waals surface area contributed by atoms with Crippen molar-refractivity contribution in [1.82, 2.24) is 4.98 Å². The molecule has 0 aliphatic heterocycles. The number of pyridine rings is 1. The van der Waals surface area contributed by atoms with Crippen LogP contribution in [0.5, 0.6) is 0 Å². The van der Waals surface area contributed by atoms with Gasteiger partial charge in [-0.2, -0.15) is 0 Å². The van der Waals surface area contributed by atoms with Gasteiger partial charge in [0.2, 0.25) is 0 Å². The van der Waals surface area contributed by atoms with Crippen LogP contribution in [0.25, 0.3) is 0 Å². The van der Waals surface area contributed by atoms with E-state index in [0.717, 1.165) is 0 Å². The summed E-state index contributed by atoms with van der Waals surface area (Å²) in [5.41, 5.74) is 0.398. The van der Waals surface area contributed by atoms with E-state index in [-0.39, 0.29) is 11.1 Å². The van der Waals surface area contributed by atoms with Crippen LogP contribution in [-0.2, 0) is 0 Å². The lowest BCUT2D eigenvalue weighted by atomic mass is 10.3. The number of hydrogen-bond acceptors (Lipinski definition) is 2. The first-order valence-corrected chi connectivity index (χ1v) is 4.45. The van der Waals surface area contributed by atoms with E-state index in [1.807, 2.05) is 0 Å². The molecule has 0 aliphatic carbocycles. The number of nitrogens with zero attached hydrogens (tertiary/aromatic N) is 1. The van der Waals surface area contributed by atoms with E-state index < -0.39 is 0 Å². The number of rotatable bonds is 2. The first-order chi connectivity index (χ1) is 5.24. The lowest BCUT2D eigenvalue weighted by Crippen LogP contribution is -2.02. The summed E-state index contributed by atoms with van der Waals surface area (Å²) in [6, 6.07) is 4.97. The van der Waals surface area contributed by atoms with Crippen molar-refractivity contribution in [1.29, 1.82) is 0 Å². The highest BCUT2D eigenvalue weighted by Gasteiger charge is 2.04. The molecule has 0 bridgehead atoms. The van der Waals surface area contributed by atoms with Gasteiger partial charge in [-0.15, -0.1) is 0 Å². The molecule has 1 aromatic rings. The van der Waals surface area contributed by atoms with Crippen LogP contribution in [0, 0.1) is 0 Å². The van der Waals surface area contributed by atoms with E-state index in [1.165, 1.54) is 0 Å². The van der Waals surface area contributed by atoms with Gasteiger partial charge in [-0.3, -0.25) is 4.79 Å². The molecule has 58 valence electrons. The highest BCUT2D eigenvalue weighted by atomic mass is 79.9. The number of halogens is 2. The summed E-state index contributed by atoms with van der Waals surface area (Å²) in [5.74, 6) is -0.0625. The molecular weight excluding hydrogens is 229 g/mol. The first kappa shape index (κ1) is 8.68. The predicted molar refractivity (Wildman–Crippen MR) is 47.4 cm³/mol. The van der Waals surface area contributed by atoms with E-state index in [4.69, 9.17) is 11.6 Å². The molecule has 11 heavy (non-hydrogen) atoms. The molecule has 0 N–H and O–H groups in total. The van der Waals surface area contributed by atoms with Gasteiger partial charge < -0.3 is 0 Å². The minimum Gasteiger partial charge on any atom is -0.291 e. The van der Waals surface area contributed by atoms with Crippen LogP contribution in [0.15, 0.2) is 18.2 Å². The SMILES string of the molecule is O=C(CBr)c1cccc(Cl)n1. The first-order valence-electron chi connectivity index (χ1n) is 2.96. The Bertz CT molecular complexity index is 277. The van der Waals surface area contributed by atoms with Crippen LogP contribution in [0.3, 0.4) is 0 Å². The molecule has 1 aromatic heterocycles. The van der Waals surface area contributed by atoms with Gasteiger partial charge in [0.25, 0.3) is 0 Å². The number of carbonyl (C=O) groups excluding carboxylic acids is 1. The summed E-state index contributed by atoms with van der Waals surface area (Å²) < 4.78 is 0. The van der Waals surface area contributed by atoms with Crippen LogP contribution in [0.2, 0.25) is 5.15 Å². The third-order valence-corrected chi connectivity index (χ3v) is 1.84. The Morgan fingerprint density at radius 3 is 2.91 bits per heavy atom. The van der Waals surface area contributed by atoms with Crippen molar-refractivity contribution in [2.45, 2.75) is 0 Å². The van der Waals surface area contributed by atoms with Crippen molar-refractivity contribution in [2.24, 2.45) is 0 Å². The normalized spacial score (nSPS) is 9.64. The van der Waals surface area contributed by atoms with Crippen molar-refractivity contribution in [3.63, 3.8) is 0 Å². The maximum atomic E-state index is 11.0. The minimum atomic E-state index is -0.0625. The molecule has 0 fully saturated rings. The second kappa shape index (κ2) is 3.83. The molecule has 2 nitrogen and oxygen atoms in total. The molecule has 0 amide bonds. The fourth-order valence-corrected chi connectivity index (χ4v) is 1.08. The molecule has 0 saturated carbocycles. The van der Waals surface area contributed by atoms with Crippen molar-refractivity contribution in [3.8, 4) is 0 Å². The molecule has 0 aliphatic rings. The molecule has 1 rings (SSSR count). The van der Waals surface area contributed by atoms with Crippen LogP contribution < -0.4 is 0 Å². The van der Waals surface area contributed by atoms with Crippen molar-refractivity contribution in [2.75, 3.05) is 5.33 Å². The Hall–Kier alpha value is -0.410. The van der Waals surface area contributed by atoms with Crippen LogP contribution in [0.1, 0.15) is 10.5 Å². The Morgan fingerprint density at radius 2 is 2.36 bits per heavy atom. The molecular formula is C7H5BrClNO. The Balaban J connectivity index is 2.96. The van der Waals surface area contributed by atoms with Gasteiger partial charge in [0.1, 0.15) is 10.8 Å². The fraction of sp³-hybridized carbons (Fsp3) is 0.143. The predicted octanol–water partition coefficient (Wildman–Crippen LogP) is 2.31.